The van der Waals surface area contributed by atoms with Gasteiger partial charge < -0.3 is 9.80 Å². The standard InChI is InChI=1S/C68H54N2/c1-4-58-56(53-29-13-17-32-59(53)67(58,2)3)42-43-69(49-26-9-6-10-27-49)65-37-21-35-62-66(65)57-31-15-19-34-61(57)68(62)60-33-18-14-30-54(60)55-41-40-51(45-63(55)68)70(50-39-38-46-22-11-12-25-48(46)44-50)64-36-20-16-28-52(64)47-23-7-5-8-24-47/h4-18,20-33,35-41,44-45H,1,19,34,42-43H2,2-3H3. The summed E-state index contributed by atoms with van der Waals surface area (Å²) < 4.78 is 0. The second-order valence-electron chi connectivity index (χ2n) is 19.8. The molecule has 70 heavy (non-hydrogen) atoms. The molecule has 0 fully saturated rings. The Labute approximate surface area is 412 Å². The first-order chi connectivity index (χ1) is 34.5. The van der Waals surface area contributed by atoms with Gasteiger partial charge in [-0.1, -0.05) is 202 Å². The van der Waals surface area contributed by atoms with Gasteiger partial charge in [0, 0.05) is 45.8 Å². The van der Waals surface area contributed by atoms with Crippen molar-refractivity contribution >= 4 is 50.4 Å². The number of hydrogen-bond acceptors (Lipinski definition) is 2. The van der Waals surface area contributed by atoms with Crippen LogP contribution in [0.1, 0.15) is 66.5 Å². The van der Waals surface area contributed by atoms with Gasteiger partial charge in [0.25, 0.3) is 0 Å². The second kappa shape index (κ2) is 16.5. The average molecular weight is 899 g/mol. The molecule has 336 valence electrons. The van der Waals surface area contributed by atoms with Gasteiger partial charge in [-0.3, -0.25) is 0 Å². The van der Waals surface area contributed by atoms with E-state index >= 15 is 0 Å². The lowest BCUT2D eigenvalue weighted by Crippen LogP contribution is -2.28. The minimum absolute atomic E-state index is 0.103. The highest BCUT2D eigenvalue weighted by atomic mass is 15.1. The van der Waals surface area contributed by atoms with Crippen LogP contribution in [0.25, 0.3) is 44.2 Å². The molecule has 0 amide bonds. The molecular weight excluding hydrogens is 845 g/mol. The Bertz CT molecular complexity index is 3660. The van der Waals surface area contributed by atoms with Crippen LogP contribution in [0.5, 0.6) is 0 Å². The molecule has 2 heteroatoms. The van der Waals surface area contributed by atoms with Crippen LogP contribution in [0.3, 0.4) is 0 Å². The van der Waals surface area contributed by atoms with Crippen molar-refractivity contribution in [1.29, 1.82) is 0 Å². The number of nitrogens with zero attached hydrogens (tertiary/aromatic N) is 2. The lowest BCUT2D eigenvalue weighted by molar-refractivity contribution is 0.653. The zero-order chi connectivity index (χ0) is 47.0. The Morgan fingerprint density at radius 1 is 0.514 bits per heavy atom. The normalized spacial score (nSPS) is 16.8. The molecular formula is C68H54N2. The van der Waals surface area contributed by atoms with E-state index in [9.17, 15) is 0 Å². The van der Waals surface area contributed by atoms with Gasteiger partial charge in [0.2, 0.25) is 0 Å². The summed E-state index contributed by atoms with van der Waals surface area (Å²) in [7, 11) is 0. The monoisotopic (exact) mass is 898 g/mol. The van der Waals surface area contributed by atoms with Crippen molar-refractivity contribution < 1.29 is 0 Å². The Morgan fingerprint density at radius 3 is 1.96 bits per heavy atom. The predicted molar refractivity (Wildman–Crippen MR) is 296 cm³/mol. The van der Waals surface area contributed by atoms with Crippen LogP contribution in [-0.2, 0) is 10.8 Å². The number of rotatable bonds is 10. The molecule has 0 aromatic heterocycles. The van der Waals surface area contributed by atoms with Crippen molar-refractivity contribution in [3.8, 4) is 22.3 Å². The van der Waals surface area contributed by atoms with Crippen LogP contribution in [-0.4, -0.2) is 6.54 Å². The summed E-state index contributed by atoms with van der Waals surface area (Å²) in [4.78, 5) is 5.10. The molecule has 4 aliphatic rings. The smallest absolute Gasteiger partial charge is 0.0690 e. The second-order valence-corrected chi connectivity index (χ2v) is 19.8. The fraction of sp³-hybridized carbons (Fsp3) is 0.118. The third-order valence-electron chi connectivity index (χ3n) is 15.9. The molecule has 0 saturated heterocycles. The first kappa shape index (κ1) is 41.9. The lowest BCUT2D eigenvalue weighted by Gasteiger charge is -2.35. The summed E-state index contributed by atoms with van der Waals surface area (Å²) in [6.45, 7) is 9.89. The number of fused-ring (bicyclic) bond motifs is 11. The SMILES string of the molecule is C=CC1=C(CCN(c2ccccc2)c2cccc3c2C2=C(CCC=C2)C32c3ccccc3-c3ccc(N(c4ccc5ccccc5c4)c4ccccc4-c4ccccc4)cc32)c2ccccc2C1(C)C. The zero-order valence-corrected chi connectivity index (χ0v) is 39.9. The number of anilines is 5. The molecule has 0 N–H and O–H groups in total. The molecule has 13 rings (SSSR count). The molecule has 0 saturated carbocycles. The van der Waals surface area contributed by atoms with Crippen molar-refractivity contribution in [3.05, 3.63) is 282 Å². The zero-order valence-electron chi connectivity index (χ0n) is 39.9. The van der Waals surface area contributed by atoms with E-state index < -0.39 is 5.41 Å². The molecule has 0 radical (unpaired) electrons. The fourth-order valence-corrected chi connectivity index (χ4v) is 12.9. The maximum Gasteiger partial charge on any atom is 0.0690 e. The van der Waals surface area contributed by atoms with Gasteiger partial charge in [-0.25, -0.2) is 0 Å². The highest BCUT2D eigenvalue weighted by molar-refractivity contribution is 6.02. The number of para-hydroxylation sites is 2. The molecule has 9 aromatic rings. The van der Waals surface area contributed by atoms with Crippen LogP contribution in [0, 0.1) is 0 Å². The molecule has 1 spiro atoms. The summed E-state index contributed by atoms with van der Waals surface area (Å²) in [6.07, 6.45) is 9.85. The van der Waals surface area contributed by atoms with Crippen LogP contribution in [0.15, 0.2) is 248 Å². The van der Waals surface area contributed by atoms with Crippen LogP contribution in [0.2, 0.25) is 0 Å². The van der Waals surface area contributed by atoms with Gasteiger partial charge in [0.1, 0.15) is 0 Å². The van der Waals surface area contributed by atoms with Crippen molar-refractivity contribution in [1.82, 2.24) is 0 Å². The van der Waals surface area contributed by atoms with Crippen molar-refractivity contribution in [2.24, 2.45) is 0 Å². The summed E-state index contributed by atoms with van der Waals surface area (Å²) in [5, 5.41) is 2.45. The van der Waals surface area contributed by atoms with E-state index in [4.69, 9.17) is 0 Å². The molecule has 4 aliphatic carbocycles. The van der Waals surface area contributed by atoms with Crippen molar-refractivity contribution in [2.75, 3.05) is 16.3 Å². The highest BCUT2D eigenvalue weighted by Crippen LogP contribution is 2.65. The Balaban J connectivity index is 1.03. The fourth-order valence-electron chi connectivity index (χ4n) is 12.9. The molecule has 1 unspecified atom stereocenters. The summed E-state index contributed by atoms with van der Waals surface area (Å²) in [5.74, 6) is 0. The summed E-state index contributed by atoms with van der Waals surface area (Å²) in [6, 6.07) is 79.2. The van der Waals surface area contributed by atoms with E-state index in [1.165, 1.54) is 100 Å². The van der Waals surface area contributed by atoms with Crippen LogP contribution < -0.4 is 9.80 Å². The maximum absolute atomic E-state index is 4.38. The van der Waals surface area contributed by atoms with E-state index in [1.807, 2.05) is 0 Å². The largest absolute Gasteiger partial charge is 0.341 e. The first-order valence-electron chi connectivity index (χ1n) is 25.0. The molecule has 1 atom stereocenters. The summed E-state index contributed by atoms with van der Waals surface area (Å²) in [5.41, 5.74) is 24.0. The quantitative estimate of drug-likeness (QED) is 0.135. The van der Waals surface area contributed by atoms with E-state index in [1.54, 1.807) is 0 Å². The van der Waals surface area contributed by atoms with Gasteiger partial charge in [-0.05, 0) is 145 Å². The van der Waals surface area contributed by atoms with E-state index in [0.29, 0.717) is 0 Å². The van der Waals surface area contributed by atoms with Gasteiger partial charge in [-0.15, -0.1) is 0 Å². The molecule has 0 heterocycles. The van der Waals surface area contributed by atoms with E-state index in [-0.39, 0.29) is 5.41 Å². The van der Waals surface area contributed by atoms with Gasteiger partial charge in [-0.2, -0.15) is 0 Å². The predicted octanol–water partition coefficient (Wildman–Crippen LogP) is 17.9. The van der Waals surface area contributed by atoms with E-state index in [0.717, 1.165) is 42.9 Å². The van der Waals surface area contributed by atoms with Crippen molar-refractivity contribution in [3.63, 3.8) is 0 Å². The average Bonchev–Trinajstić information content (AvgIpc) is 3.97. The van der Waals surface area contributed by atoms with E-state index in [2.05, 4.69) is 261 Å². The first-order valence-corrected chi connectivity index (χ1v) is 25.0. The third-order valence-corrected chi connectivity index (χ3v) is 15.9. The molecule has 0 aliphatic heterocycles. The topological polar surface area (TPSA) is 6.48 Å². The Hall–Kier alpha value is -8.20. The summed E-state index contributed by atoms with van der Waals surface area (Å²) >= 11 is 0. The minimum Gasteiger partial charge on any atom is -0.341 e. The van der Waals surface area contributed by atoms with Gasteiger partial charge >= 0.3 is 0 Å². The van der Waals surface area contributed by atoms with Crippen molar-refractivity contribution in [2.45, 2.75) is 43.9 Å². The number of allylic oxidation sites excluding steroid dienone is 6. The van der Waals surface area contributed by atoms with Gasteiger partial charge in [0.05, 0.1) is 11.1 Å². The molecule has 0 bridgehead atoms. The number of benzene rings is 9. The molecule has 9 aromatic carbocycles. The highest BCUT2D eigenvalue weighted by Gasteiger charge is 2.53. The molecule has 2 nitrogen and oxygen atoms in total. The number of hydrogen-bond donors (Lipinski definition) is 0. The Kier molecular flexibility index (Phi) is 9.89. The minimum atomic E-state index is -0.489. The van der Waals surface area contributed by atoms with Crippen LogP contribution in [0.4, 0.5) is 28.4 Å². The maximum atomic E-state index is 4.38. The van der Waals surface area contributed by atoms with Crippen LogP contribution >= 0.6 is 0 Å². The van der Waals surface area contributed by atoms with Gasteiger partial charge in [0.15, 0.2) is 0 Å². The third kappa shape index (κ3) is 6.26. The lowest BCUT2D eigenvalue weighted by atomic mass is 9.68. The Morgan fingerprint density at radius 2 is 1.14 bits per heavy atom.